The predicted octanol–water partition coefficient (Wildman–Crippen LogP) is 9.82. The fourth-order valence-electron chi connectivity index (χ4n) is 4.60. The second-order valence-corrected chi connectivity index (χ2v) is 12.6. The van der Waals surface area contributed by atoms with Gasteiger partial charge >= 0.3 is 0 Å². The Morgan fingerprint density at radius 1 is 0.471 bits per heavy atom. The molecule has 8 rings (SSSR count). The summed E-state index contributed by atoms with van der Waals surface area (Å²) in [5, 5.41) is 9.88. The number of hydrogen-bond donors (Lipinski definition) is 0. The minimum absolute atomic E-state index is 0.865. The molecule has 0 N–H and O–H groups in total. The Morgan fingerprint density at radius 3 is 1.44 bits per heavy atom. The fraction of sp³-hybridized carbons (Fsp3) is 0. The van der Waals surface area contributed by atoms with Crippen molar-refractivity contribution in [3.63, 3.8) is 0 Å². The van der Waals surface area contributed by atoms with Crippen LogP contribution in [0.3, 0.4) is 0 Å². The number of thiophene rings is 2. The Kier molecular flexibility index (Phi) is 4.04. The van der Waals surface area contributed by atoms with Crippen LogP contribution in [0, 0.1) is 0 Å². The smallest absolute Gasteiger partial charge is 0.182 e. The largest absolute Gasteiger partial charge is 0.215 e. The second kappa shape index (κ2) is 7.17. The molecule has 0 unspecified atom stereocenters. The summed E-state index contributed by atoms with van der Waals surface area (Å²) < 4.78 is 3.85. The minimum atomic E-state index is 0.865. The highest BCUT2D eigenvalue weighted by Gasteiger charge is 2.17. The van der Waals surface area contributed by atoms with Crippen LogP contribution in [0.4, 0.5) is 0 Å². The van der Waals surface area contributed by atoms with E-state index in [2.05, 4.69) is 84.9 Å². The first-order valence-electron chi connectivity index (χ1n) is 10.9. The summed E-state index contributed by atoms with van der Waals surface area (Å²) in [5.41, 5.74) is 0.865. The van der Waals surface area contributed by atoms with E-state index in [1.54, 1.807) is 22.7 Å². The number of benzene rings is 4. The lowest BCUT2D eigenvalue weighted by atomic mass is 10.1. The average Bonchev–Trinajstić information content (AvgIpc) is 3.64. The van der Waals surface area contributed by atoms with Crippen LogP contribution in [0.15, 0.2) is 84.9 Å². The van der Waals surface area contributed by atoms with Crippen LogP contribution in [-0.2, 0) is 0 Å². The number of nitrogens with zero attached hydrogens (tertiary/aromatic N) is 2. The Bertz CT molecular complexity index is 1860. The standard InChI is InChI=1S/C28H14N2S4/c1-3-7-19-15(5-1)9-11-17-13-21(31-23(17)19)26-29-25-28(33-26)34-27(30-25)22-14-18-12-10-16-6-2-4-8-20(16)24(18)32-22/h1-14H. The molecular weight excluding hydrogens is 493 g/mol. The number of aromatic nitrogens is 2. The average molecular weight is 507 g/mol. The van der Waals surface area contributed by atoms with Crippen LogP contribution in [0.2, 0.25) is 0 Å². The third-order valence-corrected chi connectivity index (χ3v) is 11.1. The van der Waals surface area contributed by atoms with E-state index >= 15 is 0 Å². The molecule has 4 aromatic carbocycles. The molecule has 0 fully saturated rings. The summed E-state index contributed by atoms with van der Waals surface area (Å²) in [4.78, 5) is 12.3. The van der Waals surface area contributed by atoms with Gasteiger partial charge in [0, 0.05) is 9.40 Å². The summed E-state index contributed by atoms with van der Waals surface area (Å²) >= 11 is 7.17. The zero-order valence-electron chi connectivity index (χ0n) is 17.6. The SMILES string of the molecule is c1ccc2c(c1)ccc1cc(-c3nc4nc(-c5cc6ccc7ccccc7c6s5)sc4s3)sc12. The lowest BCUT2D eigenvalue weighted by molar-refractivity contribution is 1.38. The van der Waals surface area contributed by atoms with E-state index in [-0.39, 0.29) is 0 Å². The van der Waals surface area contributed by atoms with Crippen molar-refractivity contribution in [2.75, 3.05) is 0 Å². The molecule has 0 aliphatic heterocycles. The molecule has 0 radical (unpaired) electrons. The fourth-order valence-corrected chi connectivity index (χ4v) is 9.20. The van der Waals surface area contributed by atoms with Crippen molar-refractivity contribution in [3.8, 4) is 19.8 Å². The molecule has 0 bridgehead atoms. The molecule has 0 atom stereocenters. The molecule has 0 amide bonds. The number of rotatable bonds is 2. The van der Waals surface area contributed by atoms with Crippen LogP contribution in [-0.4, -0.2) is 9.97 Å². The molecule has 6 heteroatoms. The molecule has 160 valence electrons. The first-order valence-corrected chi connectivity index (χ1v) is 14.2. The molecule has 0 spiro atoms. The molecule has 0 aliphatic carbocycles. The quantitative estimate of drug-likeness (QED) is 0.233. The van der Waals surface area contributed by atoms with Crippen molar-refractivity contribution in [1.29, 1.82) is 0 Å². The van der Waals surface area contributed by atoms with Crippen LogP contribution < -0.4 is 0 Å². The molecular formula is C28H14N2S4. The third-order valence-electron chi connectivity index (χ3n) is 6.22. The van der Waals surface area contributed by atoms with Crippen molar-refractivity contribution in [1.82, 2.24) is 9.97 Å². The van der Waals surface area contributed by atoms with Gasteiger partial charge in [0.1, 0.15) is 14.0 Å². The molecule has 0 aliphatic rings. The summed E-state index contributed by atoms with van der Waals surface area (Å²) in [6, 6.07) is 30.6. The van der Waals surface area contributed by atoms with E-state index in [9.17, 15) is 0 Å². The van der Waals surface area contributed by atoms with Gasteiger partial charge in [0.05, 0.1) is 9.75 Å². The van der Waals surface area contributed by atoms with Gasteiger partial charge in [0.25, 0.3) is 0 Å². The van der Waals surface area contributed by atoms with Crippen LogP contribution in [0.25, 0.3) is 71.1 Å². The van der Waals surface area contributed by atoms with Gasteiger partial charge in [0.2, 0.25) is 0 Å². The summed E-state index contributed by atoms with van der Waals surface area (Å²) in [5.74, 6) is 0. The van der Waals surface area contributed by atoms with Crippen LogP contribution >= 0.6 is 45.3 Å². The van der Waals surface area contributed by atoms with Gasteiger partial charge in [0.15, 0.2) is 5.65 Å². The Hall–Kier alpha value is -3.16. The maximum atomic E-state index is 4.94. The summed E-state index contributed by atoms with van der Waals surface area (Å²) in [6.45, 7) is 0. The Balaban J connectivity index is 1.22. The summed E-state index contributed by atoms with van der Waals surface area (Å²) in [6.07, 6.45) is 0. The highest BCUT2D eigenvalue weighted by Crippen LogP contribution is 2.44. The van der Waals surface area contributed by atoms with Crippen molar-refractivity contribution >= 4 is 96.7 Å². The van der Waals surface area contributed by atoms with Crippen LogP contribution in [0.5, 0.6) is 0 Å². The Labute approximate surface area is 210 Å². The maximum Gasteiger partial charge on any atom is 0.182 e. The van der Waals surface area contributed by atoms with Crippen molar-refractivity contribution < 1.29 is 0 Å². The Morgan fingerprint density at radius 2 is 0.941 bits per heavy atom. The van der Waals surface area contributed by atoms with E-state index in [0.717, 1.165) is 15.7 Å². The molecule has 34 heavy (non-hydrogen) atoms. The van der Waals surface area contributed by atoms with E-state index in [4.69, 9.17) is 9.97 Å². The molecule has 4 heterocycles. The minimum Gasteiger partial charge on any atom is -0.215 e. The van der Waals surface area contributed by atoms with Gasteiger partial charge in [-0.05, 0) is 44.5 Å². The first-order chi connectivity index (χ1) is 16.8. The van der Waals surface area contributed by atoms with Gasteiger partial charge < -0.3 is 0 Å². The number of thiazole rings is 2. The third kappa shape index (κ3) is 2.83. The number of hydrogen-bond acceptors (Lipinski definition) is 6. The van der Waals surface area contributed by atoms with Crippen molar-refractivity contribution in [3.05, 3.63) is 84.9 Å². The topological polar surface area (TPSA) is 25.8 Å². The maximum absolute atomic E-state index is 4.94. The summed E-state index contributed by atoms with van der Waals surface area (Å²) in [7, 11) is 0. The van der Waals surface area contributed by atoms with E-state index in [1.165, 1.54) is 55.5 Å². The van der Waals surface area contributed by atoms with Crippen molar-refractivity contribution in [2.24, 2.45) is 0 Å². The lowest BCUT2D eigenvalue weighted by Crippen LogP contribution is -1.72. The first kappa shape index (κ1) is 19.2. The lowest BCUT2D eigenvalue weighted by Gasteiger charge is -1.97. The van der Waals surface area contributed by atoms with Crippen LogP contribution in [0.1, 0.15) is 0 Å². The van der Waals surface area contributed by atoms with E-state index in [0.29, 0.717) is 0 Å². The van der Waals surface area contributed by atoms with Gasteiger partial charge in [-0.15, -0.1) is 45.3 Å². The number of fused-ring (bicyclic) bond motifs is 7. The zero-order valence-corrected chi connectivity index (χ0v) is 20.9. The molecule has 0 saturated heterocycles. The second-order valence-electron chi connectivity index (χ2n) is 8.28. The highest BCUT2D eigenvalue weighted by atomic mass is 32.2. The molecule has 0 saturated carbocycles. The van der Waals surface area contributed by atoms with Gasteiger partial charge in [-0.25, -0.2) is 9.97 Å². The van der Waals surface area contributed by atoms with Gasteiger partial charge in [-0.3, -0.25) is 0 Å². The van der Waals surface area contributed by atoms with E-state index in [1.807, 2.05) is 22.7 Å². The van der Waals surface area contributed by atoms with Gasteiger partial charge in [-0.2, -0.15) is 0 Å². The molecule has 8 aromatic rings. The normalized spacial score (nSPS) is 12.1. The van der Waals surface area contributed by atoms with Gasteiger partial charge in [-0.1, -0.05) is 72.8 Å². The highest BCUT2D eigenvalue weighted by molar-refractivity contribution is 7.42. The zero-order chi connectivity index (χ0) is 22.2. The van der Waals surface area contributed by atoms with Crippen molar-refractivity contribution in [2.45, 2.75) is 0 Å². The molecule has 2 nitrogen and oxygen atoms in total. The predicted molar refractivity (Wildman–Crippen MR) is 152 cm³/mol. The monoisotopic (exact) mass is 506 g/mol. The molecule has 4 aromatic heterocycles. The van der Waals surface area contributed by atoms with E-state index < -0.39 is 0 Å².